The zero-order valence-corrected chi connectivity index (χ0v) is 11.4. The molecule has 100 valence electrons. The minimum absolute atomic E-state index is 0.467. The van der Waals surface area contributed by atoms with Gasteiger partial charge in [-0.15, -0.1) is 0 Å². The number of hydrogen-bond acceptors (Lipinski definition) is 2. The zero-order chi connectivity index (χ0) is 12.8. The Hall–Kier alpha value is -0.860. The van der Waals surface area contributed by atoms with E-state index >= 15 is 0 Å². The van der Waals surface area contributed by atoms with E-state index in [9.17, 15) is 5.11 Å². The minimum atomic E-state index is -0.560. The van der Waals surface area contributed by atoms with Crippen molar-refractivity contribution in [1.29, 1.82) is 0 Å². The van der Waals surface area contributed by atoms with Gasteiger partial charge in [0.1, 0.15) is 0 Å². The van der Waals surface area contributed by atoms with Crippen molar-refractivity contribution in [2.24, 2.45) is 5.92 Å². The fourth-order valence-corrected chi connectivity index (χ4v) is 2.92. The molecule has 1 fully saturated rings. The summed E-state index contributed by atoms with van der Waals surface area (Å²) in [6, 6.07) is 10.4. The molecule has 1 aliphatic carbocycles. The number of nitrogens with one attached hydrogen (secondary N) is 1. The van der Waals surface area contributed by atoms with Crippen LogP contribution in [-0.2, 0) is 6.54 Å². The lowest BCUT2D eigenvalue weighted by atomic mass is 9.78. The first-order valence-electron chi connectivity index (χ1n) is 7.15. The summed E-state index contributed by atoms with van der Waals surface area (Å²) < 4.78 is 0. The first kappa shape index (κ1) is 13.6. The Morgan fingerprint density at radius 3 is 2.50 bits per heavy atom. The molecule has 0 saturated heterocycles. The smallest absolute Gasteiger partial charge is 0.0771 e. The molecule has 1 saturated carbocycles. The van der Waals surface area contributed by atoms with E-state index in [1.165, 1.54) is 37.7 Å². The summed E-state index contributed by atoms with van der Waals surface area (Å²) in [5, 5.41) is 13.9. The summed E-state index contributed by atoms with van der Waals surface area (Å²) in [4.78, 5) is 0. The third kappa shape index (κ3) is 3.82. The van der Waals surface area contributed by atoms with Crippen molar-refractivity contribution in [3.05, 3.63) is 35.9 Å². The minimum Gasteiger partial charge on any atom is -0.389 e. The normalized spacial score (nSPS) is 20.6. The second-order valence-electron chi connectivity index (χ2n) is 5.78. The van der Waals surface area contributed by atoms with E-state index in [2.05, 4.69) is 29.6 Å². The Bertz CT molecular complexity index is 341. The molecular weight excluding hydrogens is 222 g/mol. The molecule has 0 amide bonds. The van der Waals surface area contributed by atoms with Gasteiger partial charge in [-0.1, -0.05) is 49.6 Å². The van der Waals surface area contributed by atoms with Gasteiger partial charge in [0.05, 0.1) is 5.60 Å². The van der Waals surface area contributed by atoms with Crippen LogP contribution in [0, 0.1) is 5.92 Å². The number of benzene rings is 1. The van der Waals surface area contributed by atoms with Gasteiger partial charge in [0.2, 0.25) is 0 Å². The van der Waals surface area contributed by atoms with Crippen molar-refractivity contribution >= 4 is 0 Å². The average molecular weight is 247 g/mol. The monoisotopic (exact) mass is 247 g/mol. The Balaban J connectivity index is 1.77. The summed E-state index contributed by atoms with van der Waals surface area (Å²) in [5.74, 6) is 0.467. The van der Waals surface area contributed by atoms with Crippen molar-refractivity contribution in [1.82, 2.24) is 5.32 Å². The van der Waals surface area contributed by atoms with Crippen LogP contribution < -0.4 is 5.32 Å². The lowest BCUT2D eigenvalue weighted by Gasteiger charge is -2.35. The molecule has 0 bridgehead atoms. The van der Waals surface area contributed by atoms with Gasteiger partial charge in [-0.25, -0.2) is 0 Å². The quantitative estimate of drug-likeness (QED) is 0.838. The van der Waals surface area contributed by atoms with Crippen molar-refractivity contribution in [3.8, 4) is 0 Å². The van der Waals surface area contributed by atoms with Gasteiger partial charge >= 0.3 is 0 Å². The average Bonchev–Trinajstić information content (AvgIpc) is 2.41. The second kappa shape index (κ2) is 6.35. The first-order chi connectivity index (χ1) is 8.68. The zero-order valence-electron chi connectivity index (χ0n) is 11.4. The molecule has 0 heterocycles. The molecule has 2 rings (SSSR count). The lowest BCUT2D eigenvalue weighted by molar-refractivity contribution is -0.0154. The molecule has 0 aromatic heterocycles. The van der Waals surface area contributed by atoms with E-state index in [1.54, 1.807) is 0 Å². The molecule has 18 heavy (non-hydrogen) atoms. The molecule has 1 aromatic carbocycles. The van der Waals surface area contributed by atoms with Crippen molar-refractivity contribution < 1.29 is 5.11 Å². The van der Waals surface area contributed by atoms with Crippen LogP contribution in [0.1, 0.15) is 44.6 Å². The summed E-state index contributed by atoms with van der Waals surface area (Å²) in [5.41, 5.74) is 0.715. The SMILES string of the molecule is C[C@](O)(CNCc1ccccc1)C1CCCCC1. The predicted molar refractivity (Wildman–Crippen MR) is 75.3 cm³/mol. The number of hydrogen-bond donors (Lipinski definition) is 2. The van der Waals surface area contributed by atoms with Crippen LogP contribution in [0.15, 0.2) is 30.3 Å². The van der Waals surface area contributed by atoms with Crippen molar-refractivity contribution in [2.45, 2.75) is 51.2 Å². The van der Waals surface area contributed by atoms with Crippen LogP contribution in [0.3, 0.4) is 0 Å². The maximum atomic E-state index is 10.6. The van der Waals surface area contributed by atoms with Crippen LogP contribution in [-0.4, -0.2) is 17.3 Å². The Morgan fingerprint density at radius 1 is 1.17 bits per heavy atom. The maximum Gasteiger partial charge on any atom is 0.0771 e. The third-order valence-electron chi connectivity index (χ3n) is 4.14. The van der Waals surface area contributed by atoms with E-state index in [0.29, 0.717) is 12.5 Å². The largest absolute Gasteiger partial charge is 0.389 e. The van der Waals surface area contributed by atoms with Crippen molar-refractivity contribution in [3.63, 3.8) is 0 Å². The maximum absolute atomic E-state index is 10.6. The van der Waals surface area contributed by atoms with Gasteiger partial charge in [0.15, 0.2) is 0 Å². The van der Waals surface area contributed by atoms with E-state index in [1.807, 2.05) is 13.0 Å². The van der Waals surface area contributed by atoms with E-state index in [0.717, 1.165) is 6.54 Å². The highest BCUT2D eigenvalue weighted by molar-refractivity contribution is 5.14. The molecule has 0 aliphatic heterocycles. The Labute approximate surface area is 110 Å². The predicted octanol–water partition coefficient (Wildman–Crippen LogP) is 3.11. The van der Waals surface area contributed by atoms with Gasteiger partial charge in [-0.3, -0.25) is 0 Å². The number of aliphatic hydroxyl groups is 1. The molecule has 0 radical (unpaired) electrons. The van der Waals surface area contributed by atoms with Gasteiger partial charge in [0.25, 0.3) is 0 Å². The van der Waals surface area contributed by atoms with Crippen LogP contribution in [0.4, 0.5) is 0 Å². The fourth-order valence-electron chi connectivity index (χ4n) is 2.92. The first-order valence-corrected chi connectivity index (χ1v) is 7.15. The Morgan fingerprint density at radius 2 is 1.83 bits per heavy atom. The van der Waals surface area contributed by atoms with Gasteiger partial charge in [-0.2, -0.15) is 0 Å². The molecule has 0 spiro atoms. The highest BCUT2D eigenvalue weighted by Gasteiger charge is 2.32. The standard InChI is InChI=1S/C16H25NO/c1-16(18,15-10-6-3-7-11-15)13-17-12-14-8-4-2-5-9-14/h2,4-5,8-9,15,17-18H,3,6-7,10-13H2,1H3/t16-/m0/s1. The van der Waals surface area contributed by atoms with Gasteiger partial charge in [0, 0.05) is 13.1 Å². The van der Waals surface area contributed by atoms with Crippen LogP contribution in [0.25, 0.3) is 0 Å². The Kier molecular flexibility index (Phi) is 4.79. The van der Waals surface area contributed by atoms with E-state index in [-0.39, 0.29) is 0 Å². The van der Waals surface area contributed by atoms with Gasteiger partial charge < -0.3 is 10.4 Å². The van der Waals surface area contributed by atoms with Crippen LogP contribution >= 0.6 is 0 Å². The topological polar surface area (TPSA) is 32.3 Å². The molecule has 2 N–H and O–H groups in total. The summed E-state index contributed by atoms with van der Waals surface area (Å²) in [6.07, 6.45) is 6.25. The second-order valence-corrected chi connectivity index (χ2v) is 5.78. The molecule has 1 atom stereocenters. The highest BCUT2D eigenvalue weighted by Crippen LogP contribution is 2.32. The van der Waals surface area contributed by atoms with E-state index in [4.69, 9.17) is 0 Å². The molecule has 1 aromatic rings. The van der Waals surface area contributed by atoms with Crippen molar-refractivity contribution in [2.75, 3.05) is 6.54 Å². The number of rotatable bonds is 5. The summed E-state index contributed by atoms with van der Waals surface area (Å²) in [6.45, 7) is 3.51. The molecule has 2 nitrogen and oxygen atoms in total. The highest BCUT2D eigenvalue weighted by atomic mass is 16.3. The molecule has 2 heteroatoms. The van der Waals surface area contributed by atoms with Crippen LogP contribution in [0.5, 0.6) is 0 Å². The van der Waals surface area contributed by atoms with Gasteiger partial charge in [-0.05, 0) is 31.2 Å². The fraction of sp³-hybridized carbons (Fsp3) is 0.625. The van der Waals surface area contributed by atoms with Crippen LogP contribution in [0.2, 0.25) is 0 Å². The molecular formula is C16H25NO. The van der Waals surface area contributed by atoms with E-state index < -0.39 is 5.60 Å². The molecule has 0 unspecified atom stereocenters. The summed E-state index contributed by atoms with van der Waals surface area (Å²) >= 11 is 0. The lowest BCUT2D eigenvalue weighted by Crippen LogP contribution is -2.44. The third-order valence-corrected chi connectivity index (χ3v) is 4.14. The summed E-state index contributed by atoms with van der Waals surface area (Å²) in [7, 11) is 0. The molecule has 1 aliphatic rings.